The lowest BCUT2D eigenvalue weighted by Crippen LogP contribution is -2.00. The summed E-state index contributed by atoms with van der Waals surface area (Å²) in [6.45, 7) is 0.122. The molecule has 3 aromatic carbocycles. The molecule has 0 aliphatic rings. The number of fused-ring (bicyclic) bond motifs is 1. The first kappa shape index (κ1) is 16.1. The second kappa shape index (κ2) is 6.79. The number of rotatable bonds is 4. The number of hydrogen-bond donors (Lipinski definition) is 0. The van der Waals surface area contributed by atoms with E-state index < -0.39 is 0 Å². The molecule has 0 aromatic heterocycles. The summed E-state index contributed by atoms with van der Waals surface area (Å²) in [6, 6.07) is 14.6. The number of halogens is 3. The normalized spacial score (nSPS) is 10.7. The third kappa shape index (κ3) is 3.16. The molecule has 0 aliphatic heterocycles. The van der Waals surface area contributed by atoms with E-state index in [-0.39, 0.29) is 6.61 Å². The first-order valence-electron chi connectivity index (χ1n) is 6.84. The van der Waals surface area contributed by atoms with E-state index in [1.54, 1.807) is 18.2 Å². The lowest BCUT2D eigenvalue weighted by atomic mass is 10.0. The van der Waals surface area contributed by atoms with Gasteiger partial charge in [-0.3, -0.25) is 4.79 Å². The van der Waals surface area contributed by atoms with E-state index in [1.807, 2.05) is 30.3 Å². The van der Waals surface area contributed by atoms with Gasteiger partial charge in [0.05, 0.1) is 15.6 Å². The van der Waals surface area contributed by atoms with Crippen LogP contribution in [0.5, 0.6) is 5.75 Å². The predicted octanol–water partition coefficient (Wildman–Crippen LogP) is 6.19. The molecule has 0 atom stereocenters. The van der Waals surface area contributed by atoms with E-state index in [2.05, 4.69) is 0 Å². The van der Waals surface area contributed by atoms with Crippen molar-refractivity contribution in [2.24, 2.45) is 0 Å². The van der Waals surface area contributed by atoms with Crippen LogP contribution in [-0.2, 0) is 6.61 Å². The number of carbonyl (C=O) groups is 1. The van der Waals surface area contributed by atoms with E-state index in [0.717, 1.165) is 17.1 Å². The zero-order chi connectivity index (χ0) is 16.4. The van der Waals surface area contributed by atoms with Crippen molar-refractivity contribution in [3.63, 3.8) is 0 Å². The fourth-order valence-corrected chi connectivity index (χ4v) is 3.03. The molecule has 0 spiro atoms. The summed E-state index contributed by atoms with van der Waals surface area (Å²) in [5.41, 5.74) is 1.09. The predicted molar refractivity (Wildman–Crippen MR) is 95.1 cm³/mol. The van der Waals surface area contributed by atoms with Crippen LogP contribution < -0.4 is 4.74 Å². The van der Waals surface area contributed by atoms with Crippen LogP contribution in [0.2, 0.25) is 15.1 Å². The van der Waals surface area contributed by atoms with Gasteiger partial charge in [-0.25, -0.2) is 0 Å². The van der Waals surface area contributed by atoms with E-state index >= 15 is 0 Å². The van der Waals surface area contributed by atoms with Gasteiger partial charge in [0.15, 0.2) is 6.29 Å². The molecular weight excluding hydrogens is 355 g/mol. The highest BCUT2D eigenvalue weighted by atomic mass is 35.5. The Kier molecular flexibility index (Phi) is 4.76. The maximum absolute atomic E-state index is 11.5. The zero-order valence-corrected chi connectivity index (χ0v) is 14.1. The highest BCUT2D eigenvalue weighted by molar-refractivity contribution is 6.44. The lowest BCUT2D eigenvalue weighted by Gasteiger charge is -2.13. The topological polar surface area (TPSA) is 26.3 Å². The smallest absolute Gasteiger partial charge is 0.154 e. The van der Waals surface area contributed by atoms with E-state index in [0.29, 0.717) is 31.9 Å². The van der Waals surface area contributed by atoms with Crippen molar-refractivity contribution in [1.82, 2.24) is 0 Å². The average Bonchev–Trinajstić information content (AvgIpc) is 2.58. The van der Waals surface area contributed by atoms with Gasteiger partial charge in [0, 0.05) is 10.6 Å². The molecule has 5 heteroatoms. The van der Waals surface area contributed by atoms with Crippen molar-refractivity contribution in [1.29, 1.82) is 0 Å². The van der Waals surface area contributed by atoms with Gasteiger partial charge < -0.3 is 4.74 Å². The number of ether oxygens (including phenoxy) is 1. The lowest BCUT2D eigenvalue weighted by molar-refractivity contribution is 0.112. The maximum Gasteiger partial charge on any atom is 0.154 e. The van der Waals surface area contributed by atoms with Crippen molar-refractivity contribution in [3.8, 4) is 5.75 Å². The molecule has 3 rings (SSSR count). The van der Waals surface area contributed by atoms with Gasteiger partial charge in [-0.1, -0.05) is 65.1 Å². The van der Waals surface area contributed by atoms with Crippen LogP contribution in [0.25, 0.3) is 10.8 Å². The minimum absolute atomic E-state index is 0.122. The van der Waals surface area contributed by atoms with Crippen LogP contribution in [0.3, 0.4) is 0 Å². The summed E-state index contributed by atoms with van der Waals surface area (Å²) in [5, 5.41) is 3.04. The third-order valence-corrected chi connectivity index (χ3v) is 4.76. The molecule has 0 fully saturated rings. The molecule has 3 aromatic rings. The number of carbonyl (C=O) groups excluding carboxylic acids is 1. The van der Waals surface area contributed by atoms with Gasteiger partial charge in [0.2, 0.25) is 0 Å². The highest BCUT2D eigenvalue weighted by Gasteiger charge is 2.13. The number of benzene rings is 3. The van der Waals surface area contributed by atoms with Crippen LogP contribution in [0.15, 0.2) is 48.5 Å². The standard InChI is InChI=1S/C18H11Cl3O2/c19-15-6-7-16(20)18(21)14(15)10-23-17-8-5-11-3-1-2-4-12(11)13(17)9-22/h1-9H,10H2. The highest BCUT2D eigenvalue weighted by Crippen LogP contribution is 2.33. The van der Waals surface area contributed by atoms with Crippen LogP contribution >= 0.6 is 34.8 Å². The van der Waals surface area contributed by atoms with Crippen molar-refractivity contribution in [3.05, 3.63) is 74.7 Å². The van der Waals surface area contributed by atoms with Crippen molar-refractivity contribution in [2.75, 3.05) is 0 Å². The second-order valence-electron chi connectivity index (χ2n) is 4.93. The summed E-state index contributed by atoms with van der Waals surface area (Å²) in [5.74, 6) is 0.478. The van der Waals surface area contributed by atoms with Crippen molar-refractivity contribution < 1.29 is 9.53 Å². The van der Waals surface area contributed by atoms with Gasteiger partial charge in [0.1, 0.15) is 12.4 Å². The molecule has 0 radical (unpaired) electrons. The molecule has 116 valence electrons. The number of aldehydes is 1. The summed E-state index contributed by atoms with van der Waals surface area (Å²) < 4.78 is 5.78. The van der Waals surface area contributed by atoms with Crippen LogP contribution in [0.1, 0.15) is 15.9 Å². The van der Waals surface area contributed by atoms with E-state index in [9.17, 15) is 4.79 Å². The zero-order valence-electron chi connectivity index (χ0n) is 11.9. The van der Waals surface area contributed by atoms with Gasteiger partial charge >= 0.3 is 0 Å². The first-order chi connectivity index (χ1) is 11.1. The molecule has 0 heterocycles. The first-order valence-corrected chi connectivity index (χ1v) is 7.97. The van der Waals surface area contributed by atoms with Crippen LogP contribution in [0.4, 0.5) is 0 Å². The fourth-order valence-electron chi connectivity index (χ4n) is 2.37. The molecule has 0 saturated carbocycles. The second-order valence-corrected chi connectivity index (χ2v) is 6.12. The Bertz CT molecular complexity index is 891. The molecule has 2 nitrogen and oxygen atoms in total. The Morgan fingerprint density at radius 1 is 0.913 bits per heavy atom. The molecule has 0 aliphatic carbocycles. The Balaban J connectivity index is 1.97. The maximum atomic E-state index is 11.5. The van der Waals surface area contributed by atoms with E-state index in [4.69, 9.17) is 39.5 Å². The molecule has 23 heavy (non-hydrogen) atoms. The van der Waals surface area contributed by atoms with E-state index in [1.165, 1.54) is 0 Å². The minimum atomic E-state index is 0.122. The molecular formula is C18H11Cl3O2. The van der Waals surface area contributed by atoms with Crippen molar-refractivity contribution in [2.45, 2.75) is 6.61 Å². The van der Waals surface area contributed by atoms with Gasteiger partial charge in [-0.2, -0.15) is 0 Å². The largest absolute Gasteiger partial charge is 0.488 e. The summed E-state index contributed by atoms with van der Waals surface area (Å²) in [4.78, 5) is 11.5. The monoisotopic (exact) mass is 364 g/mol. The molecule has 0 saturated heterocycles. The fraction of sp³-hybridized carbons (Fsp3) is 0.0556. The minimum Gasteiger partial charge on any atom is -0.488 e. The summed E-state index contributed by atoms with van der Waals surface area (Å²) in [6.07, 6.45) is 0.791. The Labute approximate surface area is 148 Å². The molecule has 0 amide bonds. The van der Waals surface area contributed by atoms with Crippen LogP contribution in [0, 0.1) is 0 Å². The SMILES string of the molecule is O=Cc1c(OCc2c(Cl)ccc(Cl)c2Cl)ccc2ccccc12. The molecule has 0 unspecified atom stereocenters. The van der Waals surface area contributed by atoms with Crippen molar-refractivity contribution >= 4 is 51.9 Å². The van der Waals surface area contributed by atoms with Gasteiger partial charge in [0.25, 0.3) is 0 Å². The quantitative estimate of drug-likeness (QED) is 0.407. The van der Waals surface area contributed by atoms with Gasteiger partial charge in [-0.15, -0.1) is 0 Å². The summed E-state index contributed by atoms with van der Waals surface area (Å²) in [7, 11) is 0. The Morgan fingerprint density at radius 2 is 1.65 bits per heavy atom. The van der Waals surface area contributed by atoms with Crippen LogP contribution in [-0.4, -0.2) is 6.29 Å². The summed E-state index contributed by atoms with van der Waals surface area (Å²) >= 11 is 18.3. The average molecular weight is 366 g/mol. The Morgan fingerprint density at radius 3 is 2.43 bits per heavy atom. The van der Waals surface area contributed by atoms with Gasteiger partial charge in [-0.05, 0) is 29.0 Å². The molecule has 0 bridgehead atoms. The number of hydrogen-bond acceptors (Lipinski definition) is 2. The molecule has 0 N–H and O–H groups in total. The third-order valence-electron chi connectivity index (χ3n) is 3.56. The Hall–Kier alpha value is -1.74.